The monoisotopic (exact) mass is 470 g/mol. The standard InChI is InChI=1S/C25H34N4O3S/c1-27-15-17-28(18-16-27)13-5-4-12-26-25(30)22-9-6-10-24(19-22)33(31,32)29-14-11-21-7-2-3-8-23(21)20-29/h2-3,6-10,19H,4-5,11-18,20H2,1H3,(H,26,30). The van der Waals surface area contributed by atoms with Crippen molar-refractivity contribution in [2.45, 2.75) is 30.7 Å². The topological polar surface area (TPSA) is 73.0 Å². The summed E-state index contributed by atoms with van der Waals surface area (Å²) < 4.78 is 28.0. The van der Waals surface area contributed by atoms with Crippen LogP contribution >= 0.6 is 0 Å². The van der Waals surface area contributed by atoms with Crippen LogP contribution in [0.3, 0.4) is 0 Å². The maximum atomic E-state index is 13.2. The third-order valence-corrected chi connectivity index (χ3v) is 8.45. The number of unbranched alkanes of at least 4 members (excludes halogenated alkanes) is 1. The number of carbonyl (C=O) groups excluding carboxylic acids is 1. The summed E-state index contributed by atoms with van der Waals surface area (Å²) in [5.41, 5.74) is 2.62. The second kappa shape index (κ2) is 10.8. The molecule has 0 saturated carbocycles. The quantitative estimate of drug-likeness (QED) is 0.599. The van der Waals surface area contributed by atoms with Crippen LogP contribution in [-0.4, -0.2) is 81.3 Å². The molecule has 0 radical (unpaired) electrons. The highest BCUT2D eigenvalue weighted by atomic mass is 32.2. The highest BCUT2D eigenvalue weighted by Gasteiger charge is 2.28. The number of carbonyl (C=O) groups is 1. The summed E-state index contributed by atoms with van der Waals surface area (Å²) in [6, 6.07) is 14.3. The summed E-state index contributed by atoms with van der Waals surface area (Å²) in [6.45, 7) is 6.88. The van der Waals surface area contributed by atoms with E-state index < -0.39 is 10.0 Å². The molecule has 2 aliphatic heterocycles. The lowest BCUT2D eigenvalue weighted by atomic mass is 10.0. The zero-order valence-electron chi connectivity index (χ0n) is 19.4. The number of hydrogen-bond acceptors (Lipinski definition) is 5. The number of piperazine rings is 1. The Morgan fingerprint density at radius 3 is 2.48 bits per heavy atom. The van der Waals surface area contributed by atoms with Crippen LogP contribution < -0.4 is 5.32 Å². The smallest absolute Gasteiger partial charge is 0.251 e. The molecule has 1 saturated heterocycles. The first kappa shape index (κ1) is 23.9. The highest BCUT2D eigenvalue weighted by Crippen LogP contribution is 2.25. The molecule has 7 nitrogen and oxygen atoms in total. The minimum atomic E-state index is -3.66. The summed E-state index contributed by atoms with van der Waals surface area (Å²) >= 11 is 0. The van der Waals surface area contributed by atoms with Crippen molar-refractivity contribution in [1.82, 2.24) is 19.4 Å². The van der Waals surface area contributed by atoms with Crippen molar-refractivity contribution < 1.29 is 13.2 Å². The lowest BCUT2D eigenvalue weighted by molar-refractivity contribution is 0.0951. The normalized spacial score (nSPS) is 18.1. The number of rotatable bonds is 8. The van der Waals surface area contributed by atoms with Crippen molar-refractivity contribution in [2.75, 3.05) is 52.9 Å². The fourth-order valence-corrected chi connectivity index (χ4v) is 5.92. The number of nitrogens with one attached hydrogen (secondary N) is 1. The predicted molar refractivity (Wildman–Crippen MR) is 130 cm³/mol. The number of nitrogens with zero attached hydrogens (tertiary/aromatic N) is 3. The van der Waals surface area contributed by atoms with Crippen molar-refractivity contribution in [3.63, 3.8) is 0 Å². The highest BCUT2D eigenvalue weighted by molar-refractivity contribution is 7.89. The first-order valence-electron chi connectivity index (χ1n) is 11.8. The second-order valence-electron chi connectivity index (χ2n) is 8.99. The first-order chi connectivity index (χ1) is 15.9. The van der Waals surface area contributed by atoms with E-state index in [-0.39, 0.29) is 10.8 Å². The molecule has 0 spiro atoms. The van der Waals surface area contributed by atoms with Crippen molar-refractivity contribution in [3.8, 4) is 0 Å². The van der Waals surface area contributed by atoms with Crippen LogP contribution in [-0.2, 0) is 23.0 Å². The van der Waals surface area contributed by atoms with Crippen LogP contribution in [0.25, 0.3) is 0 Å². The summed E-state index contributed by atoms with van der Waals surface area (Å²) in [4.78, 5) is 17.6. The van der Waals surface area contributed by atoms with Gasteiger partial charge in [-0.25, -0.2) is 8.42 Å². The molecule has 0 bridgehead atoms. The fourth-order valence-electron chi connectivity index (χ4n) is 4.46. The minimum absolute atomic E-state index is 0.171. The van der Waals surface area contributed by atoms with E-state index in [9.17, 15) is 13.2 Å². The van der Waals surface area contributed by atoms with Crippen molar-refractivity contribution in [1.29, 1.82) is 0 Å². The van der Waals surface area contributed by atoms with E-state index in [0.717, 1.165) is 51.1 Å². The van der Waals surface area contributed by atoms with Gasteiger partial charge in [0, 0.05) is 51.4 Å². The van der Waals surface area contributed by atoms with E-state index >= 15 is 0 Å². The fraction of sp³-hybridized carbons (Fsp3) is 0.480. The van der Waals surface area contributed by atoms with Crippen molar-refractivity contribution in [2.24, 2.45) is 0 Å². The third kappa shape index (κ3) is 6.00. The molecule has 0 aliphatic carbocycles. The maximum absolute atomic E-state index is 13.2. The molecule has 2 aromatic rings. The van der Waals surface area contributed by atoms with Gasteiger partial charge < -0.3 is 15.1 Å². The zero-order chi connectivity index (χ0) is 23.3. The molecule has 0 aromatic heterocycles. The Balaban J connectivity index is 1.29. The average Bonchev–Trinajstić information content (AvgIpc) is 2.84. The van der Waals surface area contributed by atoms with Crippen LogP contribution in [0.5, 0.6) is 0 Å². The van der Waals surface area contributed by atoms with E-state index in [1.807, 2.05) is 18.2 Å². The van der Waals surface area contributed by atoms with Crippen LogP contribution in [0, 0.1) is 0 Å². The van der Waals surface area contributed by atoms with E-state index in [4.69, 9.17) is 0 Å². The molecule has 1 amide bonds. The van der Waals surface area contributed by atoms with Gasteiger partial charge in [-0.15, -0.1) is 0 Å². The molecule has 2 heterocycles. The van der Waals surface area contributed by atoms with Gasteiger partial charge in [0.15, 0.2) is 0 Å². The van der Waals surface area contributed by atoms with E-state index in [1.54, 1.807) is 18.2 Å². The second-order valence-corrected chi connectivity index (χ2v) is 10.9. The van der Waals surface area contributed by atoms with E-state index in [2.05, 4.69) is 28.2 Å². The summed E-state index contributed by atoms with van der Waals surface area (Å²) in [7, 11) is -1.51. The van der Waals surface area contributed by atoms with Crippen molar-refractivity contribution >= 4 is 15.9 Å². The summed E-state index contributed by atoms with van der Waals surface area (Å²) in [5, 5.41) is 2.94. The molecule has 4 rings (SSSR count). The molecular weight excluding hydrogens is 436 g/mol. The Labute approximate surface area is 197 Å². The molecule has 0 unspecified atom stereocenters. The van der Waals surface area contributed by atoms with Gasteiger partial charge >= 0.3 is 0 Å². The Morgan fingerprint density at radius 2 is 1.70 bits per heavy atom. The molecule has 1 N–H and O–H groups in total. The van der Waals surface area contributed by atoms with E-state index in [0.29, 0.717) is 31.6 Å². The van der Waals surface area contributed by atoms with Gasteiger partial charge in [0.05, 0.1) is 4.90 Å². The minimum Gasteiger partial charge on any atom is -0.352 e. The number of benzene rings is 2. The molecule has 8 heteroatoms. The summed E-state index contributed by atoms with van der Waals surface area (Å²) in [6.07, 6.45) is 2.64. The van der Waals surface area contributed by atoms with E-state index in [1.165, 1.54) is 15.9 Å². The molecule has 0 atom stereocenters. The van der Waals surface area contributed by atoms with Gasteiger partial charge in [0.1, 0.15) is 0 Å². The molecule has 2 aromatic carbocycles. The Kier molecular flexibility index (Phi) is 7.80. The Bertz CT molecular complexity index is 1060. The Hall–Kier alpha value is -2.26. The number of likely N-dealkylation sites (N-methyl/N-ethyl adjacent to an activating group) is 1. The number of sulfonamides is 1. The Morgan fingerprint density at radius 1 is 0.939 bits per heavy atom. The van der Waals surface area contributed by atoms with Gasteiger partial charge in [-0.3, -0.25) is 4.79 Å². The number of hydrogen-bond donors (Lipinski definition) is 1. The van der Waals surface area contributed by atoms with Crippen LogP contribution in [0.15, 0.2) is 53.4 Å². The summed E-state index contributed by atoms with van der Waals surface area (Å²) in [5.74, 6) is -0.226. The lowest BCUT2D eigenvalue weighted by Crippen LogP contribution is -2.44. The first-order valence-corrected chi connectivity index (χ1v) is 13.2. The van der Waals surface area contributed by atoms with Gasteiger partial charge in [0.2, 0.25) is 10.0 Å². The number of amides is 1. The van der Waals surface area contributed by atoms with Crippen LogP contribution in [0.2, 0.25) is 0 Å². The molecule has 178 valence electrons. The van der Waals surface area contributed by atoms with Gasteiger partial charge in [0.25, 0.3) is 5.91 Å². The predicted octanol–water partition coefficient (Wildman–Crippen LogP) is 2.19. The third-order valence-electron chi connectivity index (χ3n) is 6.61. The van der Waals surface area contributed by atoms with Gasteiger partial charge in [-0.05, 0) is 62.2 Å². The zero-order valence-corrected chi connectivity index (χ0v) is 20.2. The molecule has 2 aliphatic rings. The average molecular weight is 471 g/mol. The molecule has 1 fully saturated rings. The molecule has 33 heavy (non-hydrogen) atoms. The SMILES string of the molecule is CN1CCN(CCCCNC(=O)c2cccc(S(=O)(=O)N3CCc4ccccc4C3)c2)CC1. The van der Waals surface area contributed by atoms with Gasteiger partial charge in [-0.2, -0.15) is 4.31 Å². The number of fused-ring (bicyclic) bond motifs is 1. The van der Waals surface area contributed by atoms with Gasteiger partial charge in [-0.1, -0.05) is 30.3 Å². The largest absolute Gasteiger partial charge is 0.352 e. The van der Waals surface area contributed by atoms with Crippen molar-refractivity contribution in [3.05, 3.63) is 65.2 Å². The molecular formula is C25H34N4O3S. The lowest BCUT2D eigenvalue weighted by Gasteiger charge is -2.32. The van der Waals surface area contributed by atoms with Crippen LogP contribution in [0.4, 0.5) is 0 Å². The van der Waals surface area contributed by atoms with Crippen LogP contribution in [0.1, 0.15) is 34.3 Å². The maximum Gasteiger partial charge on any atom is 0.251 e.